The number of amides is 4. The minimum Gasteiger partial charge on any atom is -0.496 e. The molecule has 8 heteroatoms. The van der Waals surface area contributed by atoms with E-state index in [1.165, 1.54) is 18.7 Å². The van der Waals surface area contributed by atoms with Crippen LogP contribution in [0, 0.1) is 5.92 Å². The lowest BCUT2D eigenvalue weighted by atomic mass is 9.94. The van der Waals surface area contributed by atoms with E-state index in [1.807, 2.05) is 13.8 Å². The van der Waals surface area contributed by atoms with Crippen LogP contribution in [-0.2, 0) is 14.3 Å². The first-order chi connectivity index (χ1) is 11.0. The molecule has 23 heavy (non-hydrogen) atoms. The molecule has 0 saturated carbocycles. The van der Waals surface area contributed by atoms with Crippen LogP contribution in [0.5, 0.6) is 0 Å². The third-order valence-corrected chi connectivity index (χ3v) is 3.83. The van der Waals surface area contributed by atoms with Gasteiger partial charge >= 0.3 is 11.9 Å². The number of ether oxygens (including phenoxy) is 1. The van der Waals surface area contributed by atoms with Gasteiger partial charge in [0.2, 0.25) is 0 Å². The van der Waals surface area contributed by atoms with Crippen LogP contribution in [0.3, 0.4) is 0 Å². The van der Waals surface area contributed by atoms with Crippen molar-refractivity contribution in [2.45, 2.75) is 20.3 Å². The van der Waals surface area contributed by atoms with Crippen LogP contribution in [0.1, 0.15) is 20.3 Å². The molecule has 124 valence electrons. The molecule has 4 amide bonds. The molecule has 2 aliphatic rings. The number of hydrogen-bond donors (Lipinski definition) is 1. The van der Waals surface area contributed by atoms with Crippen molar-refractivity contribution in [3.63, 3.8) is 0 Å². The summed E-state index contributed by atoms with van der Waals surface area (Å²) in [5.74, 6) is -0.860. The summed E-state index contributed by atoms with van der Waals surface area (Å²) in [5, 5.41) is 2.41. The van der Waals surface area contributed by atoms with Gasteiger partial charge in [-0.25, -0.2) is 4.79 Å². The van der Waals surface area contributed by atoms with Crippen molar-refractivity contribution in [1.82, 2.24) is 10.2 Å². The second-order valence-corrected chi connectivity index (χ2v) is 5.16. The van der Waals surface area contributed by atoms with Crippen LogP contribution in [-0.4, -0.2) is 66.6 Å². The fraction of sp³-hybridized carbons (Fsp3) is 0.533. The zero-order chi connectivity index (χ0) is 17.1. The van der Waals surface area contributed by atoms with Crippen molar-refractivity contribution in [1.29, 1.82) is 0 Å². The van der Waals surface area contributed by atoms with Crippen molar-refractivity contribution < 1.29 is 23.7 Å². The Morgan fingerprint density at radius 3 is 2.70 bits per heavy atom. The third kappa shape index (κ3) is 2.88. The number of imide groups is 1. The second-order valence-electron chi connectivity index (χ2n) is 5.16. The zero-order valence-electron chi connectivity index (χ0n) is 13.8. The van der Waals surface area contributed by atoms with Gasteiger partial charge in [0, 0.05) is 12.6 Å². The van der Waals surface area contributed by atoms with E-state index >= 15 is 0 Å². The number of amidine groups is 1. The van der Waals surface area contributed by atoms with Crippen molar-refractivity contribution >= 4 is 29.9 Å². The summed E-state index contributed by atoms with van der Waals surface area (Å²) in [7, 11) is 2.99. The zero-order valence-corrected chi connectivity index (χ0v) is 13.8. The van der Waals surface area contributed by atoms with Gasteiger partial charge in [0.25, 0.3) is 11.7 Å². The fourth-order valence-electron chi connectivity index (χ4n) is 2.58. The van der Waals surface area contributed by atoms with Crippen LogP contribution in [0.4, 0.5) is 4.79 Å². The Hall–Kier alpha value is -2.51. The van der Waals surface area contributed by atoms with Crippen LogP contribution in [0.25, 0.3) is 0 Å². The van der Waals surface area contributed by atoms with Crippen molar-refractivity contribution in [2.75, 3.05) is 27.2 Å². The molecular weight excluding hydrogens is 300 g/mol. The van der Waals surface area contributed by atoms with Crippen LogP contribution < -0.4 is 5.32 Å². The lowest BCUT2D eigenvalue weighted by Crippen LogP contribution is -2.57. The van der Waals surface area contributed by atoms with E-state index < -0.39 is 23.8 Å². The van der Waals surface area contributed by atoms with Gasteiger partial charge in [-0.2, -0.15) is 9.48 Å². The molecule has 8 nitrogen and oxygen atoms in total. The molecule has 2 heterocycles. The number of likely N-dealkylation sites (N-methyl/N-ethyl adjacent to an activating group) is 1. The Labute approximate surface area is 134 Å². The van der Waals surface area contributed by atoms with Crippen molar-refractivity contribution in [3.05, 3.63) is 11.3 Å². The number of carbonyl (C=O) groups is 3. The molecule has 0 saturated heterocycles. The summed E-state index contributed by atoms with van der Waals surface area (Å²) in [6, 6.07) is -0.571. The first-order valence-corrected chi connectivity index (χ1v) is 7.52. The molecular formula is C15H21N4O4+. The smallest absolute Gasteiger partial charge is 0.446 e. The van der Waals surface area contributed by atoms with Gasteiger partial charge in [-0.3, -0.25) is 9.59 Å². The number of allylic oxidation sites excluding steroid dienone is 1. The van der Waals surface area contributed by atoms with E-state index in [-0.39, 0.29) is 6.54 Å². The first kappa shape index (κ1) is 16.9. The van der Waals surface area contributed by atoms with E-state index in [0.29, 0.717) is 24.6 Å². The average molecular weight is 321 g/mol. The van der Waals surface area contributed by atoms with E-state index in [9.17, 15) is 14.4 Å². The number of carbonyl (C=O) groups excluding carboxylic acids is 3. The quantitative estimate of drug-likeness (QED) is 0.729. The van der Waals surface area contributed by atoms with E-state index in [4.69, 9.17) is 4.74 Å². The number of urea groups is 1. The Morgan fingerprint density at radius 1 is 1.43 bits per heavy atom. The molecule has 0 aromatic carbocycles. The number of nitrogens with zero attached hydrogens (tertiary/aromatic N) is 3. The van der Waals surface area contributed by atoms with Crippen LogP contribution >= 0.6 is 0 Å². The topological polar surface area (TPSA) is 91.1 Å². The van der Waals surface area contributed by atoms with Gasteiger partial charge in [0.1, 0.15) is 12.0 Å². The highest BCUT2D eigenvalue weighted by atomic mass is 16.5. The predicted octanol–water partition coefficient (Wildman–Crippen LogP) is 0.137. The molecule has 0 bridgehead atoms. The molecule has 0 aliphatic carbocycles. The average Bonchev–Trinajstić information content (AvgIpc) is 2.56. The molecule has 2 aliphatic heterocycles. The maximum atomic E-state index is 12.8. The number of rotatable bonds is 5. The largest absolute Gasteiger partial charge is 0.496 e. The standard InChI is InChI=1S/C15H20N4O4/c1-5-9-7-17-13-11(12(9)23-6-2)14(21)19(8-10(20)16-3)15(22)18(13)4/h7,11H,5-6,8H2,1-4H3/p+1. The summed E-state index contributed by atoms with van der Waals surface area (Å²) in [5.41, 5.74) is 0.816. The third-order valence-electron chi connectivity index (χ3n) is 3.83. The molecule has 0 fully saturated rings. The Kier molecular flexibility index (Phi) is 4.92. The van der Waals surface area contributed by atoms with Gasteiger partial charge in [0.15, 0.2) is 12.5 Å². The normalized spacial score (nSPS) is 20.9. The Balaban J connectivity index is 2.51. The van der Waals surface area contributed by atoms with E-state index in [0.717, 1.165) is 10.5 Å². The molecule has 0 aromatic heterocycles. The number of aliphatic imine (C=N–C) groups is 1. The van der Waals surface area contributed by atoms with Gasteiger partial charge in [-0.15, -0.1) is 4.99 Å². The summed E-state index contributed by atoms with van der Waals surface area (Å²) in [4.78, 5) is 42.0. The highest BCUT2D eigenvalue weighted by Gasteiger charge is 2.51. The maximum absolute atomic E-state index is 12.8. The molecule has 2 rings (SSSR count). The summed E-state index contributed by atoms with van der Waals surface area (Å²) >= 11 is 0. The molecule has 0 spiro atoms. The second kappa shape index (κ2) is 6.72. The van der Waals surface area contributed by atoms with Gasteiger partial charge < -0.3 is 10.1 Å². The molecule has 1 unspecified atom stereocenters. The molecule has 0 aromatic rings. The molecule has 1 N–H and O–H groups in total. The SMILES string of the molecule is CCOC1=C(CC)C=NC2=[N+](C)C(=O)N(CC(=O)NC)C(=O)C12. The molecule has 0 radical (unpaired) electrons. The number of nitrogens with one attached hydrogen (secondary N) is 1. The van der Waals surface area contributed by atoms with Crippen LogP contribution in [0.15, 0.2) is 16.3 Å². The predicted molar refractivity (Wildman–Crippen MR) is 83.3 cm³/mol. The maximum Gasteiger partial charge on any atom is 0.446 e. The molecule has 1 atom stereocenters. The first-order valence-electron chi connectivity index (χ1n) is 7.52. The van der Waals surface area contributed by atoms with Crippen molar-refractivity contribution in [2.24, 2.45) is 10.9 Å². The van der Waals surface area contributed by atoms with E-state index in [1.54, 1.807) is 6.21 Å². The van der Waals surface area contributed by atoms with Gasteiger partial charge in [-0.1, -0.05) is 6.92 Å². The summed E-state index contributed by atoms with van der Waals surface area (Å²) < 4.78 is 6.96. The number of dihydropyridines is 1. The Bertz CT molecular complexity index is 648. The summed E-state index contributed by atoms with van der Waals surface area (Å²) in [6.07, 6.45) is 2.28. The van der Waals surface area contributed by atoms with Crippen molar-refractivity contribution in [3.8, 4) is 0 Å². The van der Waals surface area contributed by atoms with Gasteiger partial charge in [-0.05, 0) is 13.3 Å². The van der Waals surface area contributed by atoms with Gasteiger partial charge in [0.05, 0.1) is 13.7 Å². The summed E-state index contributed by atoms with van der Waals surface area (Å²) in [6.45, 7) is 3.84. The highest BCUT2D eigenvalue weighted by molar-refractivity contribution is 6.16. The lowest BCUT2D eigenvalue weighted by molar-refractivity contribution is -0.408. The Morgan fingerprint density at radius 2 is 2.13 bits per heavy atom. The monoisotopic (exact) mass is 321 g/mol. The van der Waals surface area contributed by atoms with E-state index in [2.05, 4.69) is 10.3 Å². The fourth-order valence-corrected chi connectivity index (χ4v) is 2.58. The number of hydrogen-bond acceptors (Lipinski definition) is 5. The van der Waals surface area contributed by atoms with Crippen LogP contribution in [0.2, 0.25) is 0 Å². The lowest BCUT2D eigenvalue weighted by Gasteiger charge is -2.29. The highest BCUT2D eigenvalue weighted by Crippen LogP contribution is 2.29. The minimum absolute atomic E-state index is 0.327. The minimum atomic E-state index is -0.790. The number of fused-ring (bicyclic) bond motifs is 1.